The number of piperidine rings is 1. The lowest BCUT2D eigenvalue weighted by Crippen LogP contribution is -2.39. The summed E-state index contributed by atoms with van der Waals surface area (Å²) < 4.78 is 0. The van der Waals surface area contributed by atoms with Gasteiger partial charge in [-0.05, 0) is 65.7 Å². The first-order valence-corrected chi connectivity index (χ1v) is 7.34. The Kier molecular flexibility index (Phi) is 10.3. The molecule has 0 aromatic carbocycles. The van der Waals surface area contributed by atoms with E-state index >= 15 is 0 Å². The molecule has 1 amide bonds. The topological polar surface area (TPSA) is 35.6 Å². The predicted octanol–water partition coefficient (Wildman–Crippen LogP) is 1.60. The van der Waals surface area contributed by atoms with E-state index in [1.165, 1.54) is 19.3 Å². The number of amides is 1. The molecule has 114 valence electrons. The van der Waals surface area contributed by atoms with Crippen LogP contribution in [-0.2, 0) is 4.79 Å². The van der Waals surface area contributed by atoms with E-state index in [1.807, 2.05) is 18.7 Å². The van der Waals surface area contributed by atoms with Crippen LogP contribution in [0.15, 0.2) is 0 Å². The summed E-state index contributed by atoms with van der Waals surface area (Å²) in [5, 5.41) is 3.39. The van der Waals surface area contributed by atoms with Gasteiger partial charge in [0.05, 0.1) is 6.54 Å². The number of hydrogen-bond donors (Lipinski definition) is 1. The van der Waals surface area contributed by atoms with Gasteiger partial charge in [0.2, 0.25) is 5.91 Å². The third kappa shape index (κ3) is 7.14. The largest absolute Gasteiger partial charge is 0.342 e. The molecule has 0 spiro atoms. The van der Waals surface area contributed by atoms with E-state index in [9.17, 15) is 4.79 Å². The lowest BCUT2D eigenvalue weighted by atomic mass is 9.94. The van der Waals surface area contributed by atoms with E-state index < -0.39 is 0 Å². The van der Waals surface area contributed by atoms with Crippen molar-refractivity contribution < 1.29 is 4.79 Å². The highest BCUT2D eigenvalue weighted by Crippen LogP contribution is 2.15. The van der Waals surface area contributed by atoms with Crippen LogP contribution in [0.2, 0.25) is 0 Å². The SMILES string of the molecule is CCN(CC)C(=O)CN(C)CCC1CCNCC1.Cl. The maximum atomic E-state index is 11.9. The molecule has 1 aliphatic heterocycles. The summed E-state index contributed by atoms with van der Waals surface area (Å²) in [6, 6.07) is 0. The van der Waals surface area contributed by atoms with E-state index in [1.54, 1.807) is 0 Å². The van der Waals surface area contributed by atoms with Crippen molar-refractivity contribution in [3.8, 4) is 0 Å². The van der Waals surface area contributed by atoms with Gasteiger partial charge in [-0.25, -0.2) is 0 Å². The van der Waals surface area contributed by atoms with Crippen molar-refractivity contribution in [2.45, 2.75) is 33.1 Å². The van der Waals surface area contributed by atoms with E-state index in [4.69, 9.17) is 0 Å². The lowest BCUT2D eigenvalue weighted by molar-refractivity contribution is -0.131. The van der Waals surface area contributed by atoms with Crippen LogP contribution in [-0.4, -0.2) is 62.0 Å². The zero-order chi connectivity index (χ0) is 13.4. The number of nitrogens with one attached hydrogen (secondary N) is 1. The molecule has 1 saturated heterocycles. The second-order valence-corrected chi connectivity index (χ2v) is 5.29. The van der Waals surface area contributed by atoms with Gasteiger partial charge in [-0.15, -0.1) is 12.4 Å². The molecule has 1 aliphatic rings. The average molecular weight is 292 g/mol. The van der Waals surface area contributed by atoms with Gasteiger partial charge in [-0.1, -0.05) is 0 Å². The first-order chi connectivity index (χ1) is 8.67. The van der Waals surface area contributed by atoms with Crippen molar-refractivity contribution in [2.24, 2.45) is 5.92 Å². The third-order valence-corrected chi connectivity index (χ3v) is 3.90. The molecule has 0 aromatic rings. The monoisotopic (exact) mass is 291 g/mol. The van der Waals surface area contributed by atoms with Crippen molar-refractivity contribution in [2.75, 3.05) is 46.3 Å². The van der Waals surface area contributed by atoms with Crippen LogP contribution in [0, 0.1) is 5.92 Å². The van der Waals surface area contributed by atoms with Gasteiger partial charge in [0.1, 0.15) is 0 Å². The average Bonchev–Trinajstić information content (AvgIpc) is 2.39. The number of carbonyl (C=O) groups is 1. The van der Waals surface area contributed by atoms with Crippen molar-refractivity contribution >= 4 is 18.3 Å². The smallest absolute Gasteiger partial charge is 0.236 e. The van der Waals surface area contributed by atoms with Crippen molar-refractivity contribution in [3.05, 3.63) is 0 Å². The summed E-state index contributed by atoms with van der Waals surface area (Å²) in [6.45, 7) is 9.63. The highest BCUT2D eigenvalue weighted by molar-refractivity contribution is 5.85. The zero-order valence-corrected chi connectivity index (χ0v) is 13.5. The Bertz CT molecular complexity index is 241. The van der Waals surface area contributed by atoms with Gasteiger partial charge in [-0.3, -0.25) is 9.69 Å². The Morgan fingerprint density at radius 1 is 1.21 bits per heavy atom. The molecule has 0 aliphatic carbocycles. The van der Waals surface area contributed by atoms with Gasteiger partial charge in [0.25, 0.3) is 0 Å². The minimum absolute atomic E-state index is 0. The van der Waals surface area contributed by atoms with Crippen LogP contribution in [0.4, 0.5) is 0 Å². The Hall–Kier alpha value is -0.320. The van der Waals surface area contributed by atoms with E-state index in [-0.39, 0.29) is 18.3 Å². The molecule has 1 heterocycles. The first-order valence-electron chi connectivity index (χ1n) is 7.34. The van der Waals surface area contributed by atoms with Crippen LogP contribution in [0.5, 0.6) is 0 Å². The number of likely N-dealkylation sites (N-methyl/N-ethyl adjacent to an activating group) is 2. The molecule has 1 N–H and O–H groups in total. The Labute approximate surface area is 124 Å². The second kappa shape index (κ2) is 10.5. The molecule has 0 radical (unpaired) electrons. The first kappa shape index (κ1) is 18.7. The lowest BCUT2D eigenvalue weighted by Gasteiger charge is -2.26. The summed E-state index contributed by atoms with van der Waals surface area (Å²) in [7, 11) is 2.06. The maximum absolute atomic E-state index is 11.9. The minimum Gasteiger partial charge on any atom is -0.342 e. The van der Waals surface area contributed by atoms with Crippen LogP contribution >= 0.6 is 12.4 Å². The molecule has 1 rings (SSSR count). The summed E-state index contributed by atoms with van der Waals surface area (Å²) in [6.07, 6.45) is 3.80. The van der Waals surface area contributed by atoms with Crippen molar-refractivity contribution in [1.82, 2.24) is 15.1 Å². The molecule has 0 atom stereocenters. The van der Waals surface area contributed by atoms with E-state index in [2.05, 4.69) is 17.3 Å². The molecule has 5 heteroatoms. The van der Waals surface area contributed by atoms with E-state index in [0.29, 0.717) is 6.54 Å². The Balaban J connectivity index is 0.00000324. The summed E-state index contributed by atoms with van der Waals surface area (Å²) in [5.74, 6) is 1.10. The van der Waals surface area contributed by atoms with Gasteiger partial charge >= 0.3 is 0 Å². The highest BCUT2D eigenvalue weighted by atomic mass is 35.5. The van der Waals surface area contributed by atoms with Crippen LogP contribution < -0.4 is 5.32 Å². The molecule has 0 aromatic heterocycles. The number of rotatable bonds is 7. The Morgan fingerprint density at radius 3 is 2.32 bits per heavy atom. The summed E-state index contributed by atoms with van der Waals surface area (Å²) in [4.78, 5) is 16.0. The number of hydrogen-bond acceptors (Lipinski definition) is 3. The van der Waals surface area contributed by atoms with Gasteiger partial charge in [-0.2, -0.15) is 0 Å². The number of nitrogens with zero attached hydrogens (tertiary/aromatic N) is 2. The fourth-order valence-electron chi connectivity index (χ4n) is 2.56. The summed E-state index contributed by atoms with van der Waals surface area (Å²) in [5.41, 5.74) is 0. The fraction of sp³-hybridized carbons (Fsp3) is 0.929. The molecular weight excluding hydrogens is 262 g/mol. The molecule has 4 nitrogen and oxygen atoms in total. The predicted molar refractivity (Wildman–Crippen MR) is 82.9 cm³/mol. The zero-order valence-electron chi connectivity index (χ0n) is 12.7. The fourth-order valence-corrected chi connectivity index (χ4v) is 2.56. The van der Waals surface area contributed by atoms with Crippen LogP contribution in [0.1, 0.15) is 33.1 Å². The molecule has 1 fully saturated rings. The number of halogens is 1. The van der Waals surface area contributed by atoms with Crippen LogP contribution in [0.3, 0.4) is 0 Å². The molecular formula is C14H30ClN3O. The normalized spacial score (nSPS) is 16.2. The van der Waals surface area contributed by atoms with Crippen LogP contribution in [0.25, 0.3) is 0 Å². The van der Waals surface area contributed by atoms with Gasteiger partial charge in [0.15, 0.2) is 0 Å². The second-order valence-electron chi connectivity index (χ2n) is 5.29. The molecule has 0 unspecified atom stereocenters. The highest BCUT2D eigenvalue weighted by Gasteiger charge is 2.16. The molecule has 0 saturated carbocycles. The number of carbonyl (C=O) groups excluding carboxylic acids is 1. The quantitative estimate of drug-likeness (QED) is 0.774. The van der Waals surface area contributed by atoms with Gasteiger partial charge < -0.3 is 10.2 Å². The van der Waals surface area contributed by atoms with Gasteiger partial charge in [0, 0.05) is 13.1 Å². The van der Waals surface area contributed by atoms with Crippen molar-refractivity contribution in [1.29, 1.82) is 0 Å². The molecule has 0 bridgehead atoms. The summed E-state index contributed by atoms with van der Waals surface area (Å²) >= 11 is 0. The molecule has 19 heavy (non-hydrogen) atoms. The minimum atomic E-state index is 0. The van der Waals surface area contributed by atoms with Crippen molar-refractivity contribution in [3.63, 3.8) is 0 Å². The third-order valence-electron chi connectivity index (χ3n) is 3.90. The maximum Gasteiger partial charge on any atom is 0.236 e. The Morgan fingerprint density at radius 2 is 1.79 bits per heavy atom. The standard InChI is InChI=1S/C14H29N3O.ClH/c1-4-17(5-2)14(18)12-16(3)11-8-13-6-9-15-10-7-13;/h13,15H,4-12H2,1-3H3;1H. The van der Waals surface area contributed by atoms with E-state index in [0.717, 1.165) is 38.6 Å².